The van der Waals surface area contributed by atoms with Crippen LogP contribution in [0, 0.1) is 5.92 Å². The molecule has 2 aromatic rings. The first-order chi connectivity index (χ1) is 13.2. The van der Waals surface area contributed by atoms with Crippen molar-refractivity contribution < 1.29 is 13.2 Å². The number of nitrogens with one attached hydrogen (secondary N) is 2. The average Bonchev–Trinajstić information content (AvgIpc) is 3.26. The second kappa shape index (κ2) is 8.40. The molecule has 0 spiro atoms. The van der Waals surface area contributed by atoms with E-state index < -0.39 is 10.0 Å². The van der Waals surface area contributed by atoms with E-state index in [1.165, 1.54) is 0 Å². The first kappa shape index (κ1) is 20.5. The second-order valence-electron chi connectivity index (χ2n) is 7.73. The van der Waals surface area contributed by atoms with Crippen LogP contribution in [0.3, 0.4) is 0 Å². The van der Waals surface area contributed by atoms with Crippen LogP contribution in [0.4, 0.5) is 0 Å². The number of likely N-dealkylation sites (tertiary alicyclic amines) is 1. The highest BCUT2D eigenvalue weighted by molar-refractivity contribution is 7.88. The van der Waals surface area contributed by atoms with Crippen LogP contribution in [0.15, 0.2) is 30.3 Å². The van der Waals surface area contributed by atoms with Crippen molar-refractivity contribution in [3.05, 3.63) is 36.2 Å². The molecule has 8 nitrogen and oxygen atoms in total. The molecule has 0 aliphatic carbocycles. The van der Waals surface area contributed by atoms with Gasteiger partial charge in [-0.05, 0) is 18.8 Å². The average molecular weight is 406 g/mol. The zero-order valence-corrected chi connectivity index (χ0v) is 17.2. The van der Waals surface area contributed by atoms with Crippen LogP contribution in [0.1, 0.15) is 45.0 Å². The fraction of sp³-hybridized carbons (Fsp3) is 0.526. The molecule has 1 amide bonds. The minimum Gasteiger partial charge on any atom is -0.331 e. The zero-order valence-electron chi connectivity index (χ0n) is 16.4. The van der Waals surface area contributed by atoms with Gasteiger partial charge in [-0.25, -0.2) is 18.1 Å². The lowest BCUT2D eigenvalue weighted by molar-refractivity contribution is -0.132. The summed E-state index contributed by atoms with van der Waals surface area (Å²) in [5, 5.41) is 7.23. The number of carbonyl (C=O) groups is 1. The van der Waals surface area contributed by atoms with Crippen LogP contribution >= 0.6 is 0 Å². The molecule has 28 heavy (non-hydrogen) atoms. The fourth-order valence-electron chi connectivity index (χ4n) is 3.45. The van der Waals surface area contributed by atoms with Crippen LogP contribution in [0.2, 0.25) is 0 Å². The maximum absolute atomic E-state index is 12.8. The molecule has 1 saturated heterocycles. The number of carbonyl (C=O) groups excluding carboxylic acids is 1. The Balaban J connectivity index is 1.82. The van der Waals surface area contributed by atoms with Gasteiger partial charge in [-0.1, -0.05) is 44.2 Å². The Labute approximate surface area is 165 Å². The Bertz CT molecular complexity index is 911. The van der Waals surface area contributed by atoms with E-state index in [9.17, 15) is 13.2 Å². The lowest BCUT2D eigenvalue weighted by atomic mass is 10.1. The van der Waals surface area contributed by atoms with Crippen LogP contribution in [-0.4, -0.2) is 53.2 Å². The number of rotatable bonds is 7. The molecule has 1 aromatic heterocycles. The molecule has 0 unspecified atom stereocenters. The molecule has 0 saturated carbocycles. The van der Waals surface area contributed by atoms with Crippen LogP contribution in [0.5, 0.6) is 0 Å². The summed E-state index contributed by atoms with van der Waals surface area (Å²) < 4.78 is 25.9. The van der Waals surface area contributed by atoms with Crippen molar-refractivity contribution in [1.82, 2.24) is 24.8 Å². The SMILES string of the molecule is CC(C)CCC(=O)N1C[C@@H](NS(C)(=O)=O)C[C@H]1c1nc(-c2ccccc2)n[nH]1. The molecule has 9 heteroatoms. The Morgan fingerprint density at radius 1 is 1.32 bits per heavy atom. The summed E-state index contributed by atoms with van der Waals surface area (Å²) in [6, 6.07) is 8.91. The minimum absolute atomic E-state index is 0.00848. The van der Waals surface area contributed by atoms with Gasteiger partial charge in [0.15, 0.2) is 5.82 Å². The zero-order chi connectivity index (χ0) is 20.3. The monoisotopic (exact) mass is 405 g/mol. The Hall–Kier alpha value is -2.26. The minimum atomic E-state index is -3.36. The molecule has 2 atom stereocenters. The largest absolute Gasteiger partial charge is 0.331 e. The Kier molecular flexibility index (Phi) is 6.14. The normalized spacial score (nSPS) is 20.1. The van der Waals surface area contributed by atoms with Crippen molar-refractivity contribution in [2.24, 2.45) is 5.92 Å². The second-order valence-corrected chi connectivity index (χ2v) is 9.51. The predicted octanol–water partition coefficient (Wildman–Crippen LogP) is 2.10. The topological polar surface area (TPSA) is 108 Å². The van der Waals surface area contributed by atoms with E-state index in [-0.39, 0.29) is 18.0 Å². The molecule has 1 aromatic carbocycles. The standard InChI is InChI=1S/C19H27N5O3S/c1-13(2)9-10-17(25)24-12-15(23-28(3,26)27)11-16(24)19-20-18(21-22-19)14-7-5-4-6-8-14/h4-8,13,15-16,23H,9-12H2,1-3H3,(H,20,21,22)/t15-,16-/m0/s1. The van der Waals surface area contributed by atoms with E-state index in [4.69, 9.17) is 0 Å². The molecule has 0 radical (unpaired) electrons. The summed E-state index contributed by atoms with van der Waals surface area (Å²) in [4.78, 5) is 19.1. The van der Waals surface area contributed by atoms with Crippen molar-refractivity contribution in [3.8, 4) is 11.4 Å². The van der Waals surface area contributed by atoms with Gasteiger partial charge in [0.1, 0.15) is 5.82 Å². The Morgan fingerprint density at radius 3 is 2.68 bits per heavy atom. The molecule has 152 valence electrons. The van der Waals surface area contributed by atoms with Crippen molar-refractivity contribution in [1.29, 1.82) is 0 Å². The highest BCUT2D eigenvalue weighted by Gasteiger charge is 2.38. The molecule has 0 bridgehead atoms. The number of sulfonamides is 1. The number of amides is 1. The summed E-state index contributed by atoms with van der Waals surface area (Å²) >= 11 is 0. The smallest absolute Gasteiger partial charge is 0.223 e. The highest BCUT2D eigenvalue weighted by atomic mass is 32.2. The highest BCUT2D eigenvalue weighted by Crippen LogP contribution is 2.32. The van der Waals surface area contributed by atoms with Gasteiger partial charge >= 0.3 is 0 Å². The molecular weight excluding hydrogens is 378 g/mol. The number of H-pyrrole nitrogens is 1. The third-order valence-corrected chi connectivity index (χ3v) is 5.55. The summed E-state index contributed by atoms with van der Waals surface area (Å²) in [5.74, 6) is 1.57. The third-order valence-electron chi connectivity index (χ3n) is 4.79. The fourth-order valence-corrected chi connectivity index (χ4v) is 4.23. The van der Waals surface area contributed by atoms with E-state index in [2.05, 4.69) is 33.8 Å². The van der Waals surface area contributed by atoms with Gasteiger partial charge in [0.25, 0.3) is 0 Å². The number of aromatic amines is 1. The molecule has 2 heterocycles. The first-order valence-corrected chi connectivity index (χ1v) is 11.4. The van der Waals surface area contributed by atoms with E-state index in [0.717, 1.165) is 18.2 Å². The van der Waals surface area contributed by atoms with Crippen LogP contribution in [-0.2, 0) is 14.8 Å². The number of aromatic nitrogens is 3. The van der Waals surface area contributed by atoms with Gasteiger partial charge in [-0.3, -0.25) is 9.89 Å². The van der Waals surface area contributed by atoms with Gasteiger partial charge in [0, 0.05) is 24.6 Å². The maximum atomic E-state index is 12.8. The van der Waals surface area contributed by atoms with Gasteiger partial charge < -0.3 is 4.90 Å². The van der Waals surface area contributed by atoms with Gasteiger partial charge in [0.2, 0.25) is 15.9 Å². The number of hydrogen-bond donors (Lipinski definition) is 2. The van der Waals surface area contributed by atoms with E-state index >= 15 is 0 Å². The number of nitrogens with zero attached hydrogens (tertiary/aromatic N) is 3. The molecule has 1 fully saturated rings. The van der Waals surface area contributed by atoms with Gasteiger partial charge in [0.05, 0.1) is 12.3 Å². The predicted molar refractivity (Wildman–Crippen MR) is 107 cm³/mol. The van der Waals surface area contributed by atoms with Crippen molar-refractivity contribution in [2.75, 3.05) is 12.8 Å². The molecule has 3 rings (SSSR count). The maximum Gasteiger partial charge on any atom is 0.223 e. The molecular formula is C19H27N5O3S. The Morgan fingerprint density at radius 2 is 2.04 bits per heavy atom. The number of benzene rings is 1. The molecule has 2 N–H and O–H groups in total. The van der Waals surface area contributed by atoms with Crippen molar-refractivity contribution in [2.45, 2.75) is 45.2 Å². The number of hydrogen-bond acceptors (Lipinski definition) is 5. The molecule has 1 aliphatic rings. The molecule has 1 aliphatic heterocycles. The third kappa shape index (κ3) is 5.17. The van der Waals surface area contributed by atoms with E-state index in [1.807, 2.05) is 30.3 Å². The van der Waals surface area contributed by atoms with Gasteiger partial charge in [-0.2, -0.15) is 5.10 Å². The first-order valence-electron chi connectivity index (χ1n) is 9.47. The lowest BCUT2D eigenvalue weighted by Crippen LogP contribution is -2.38. The quantitative estimate of drug-likeness (QED) is 0.733. The summed E-state index contributed by atoms with van der Waals surface area (Å²) in [6.07, 6.45) is 2.81. The van der Waals surface area contributed by atoms with Crippen LogP contribution < -0.4 is 4.72 Å². The van der Waals surface area contributed by atoms with Crippen LogP contribution in [0.25, 0.3) is 11.4 Å². The van der Waals surface area contributed by atoms with Crippen molar-refractivity contribution in [3.63, 3.8) is 0 Å². The summed E-state index contributed by atoms with van der Waals surface area (Å²) in [7, 11) is -3.36. The van der Waals surface area contributed by atoms with E-state index in [0.29, 0.717) is 37.0 Å². The van der Waals surface area contributed by atoms with Crippen molar-refractivity contribution >= 4 is 15.9 Å². The van der Waals surface area contributed by atoms with E-state index in [1.54, 1.807) is 4.90 Å². The lowest BCUT2D eigenvalue weighted by Gasteiger charge is -2.23. The summed E-state index contributed by atoms with van der Waals surface area (Å²) in [6.45, 7) is 4.48. The van der Waals surface area contributed by atoms with Gasteiger partial charge in [-0.15, -0.1) is 0 Å². The summed E-state index contributed by atoms with van der Waals surface area (Å²) in [5.41, 5.74) is 0.881.